The highest BCUT2D eigenvalue weighted by atomic mass is 35.5. The highest BCUT2D eigenvalue weighted by Gasteiger charge is 2.08. The lowest BCUT2D eigenvalue weighted by Gasteiger charge is -2.26. The van der Waals surface area contributed by atoms with Gasteiger partial charge >= 0.3 is 0 Å². The molecule has 0 amide bonds. The van der Waals surface area contributed by atoms with Crippen LogP contribution in [0.1, 0.15) is 13.3 Å². The molecule has 3 nitrogen and oxygen atoms in total. The van der Waals surface area contributed by atoms with Crippen LogP contribution in [-0.2, 0) is 4.79 Å². The fourth-order valence-corrected chi connectivity index (χ4v) is 1.25. The highest BCUT2D eigenvalue weighted by Crippen LogP contribution is 1.94. The van der Waals surface area contributed by atoms with Crippen LogP contribution in [0.3, 0.4) is 0 Å². The summed E-state index contributed by atoms with van der Waals surface area (Å²) < 4.78 is 0. The molecule has 1 N–H and O–H groups in total. The zero-order valence-corrected chi connectivity index (χ0v) is 9.55. The van der Waals surface area contributed by atoms with Gasteiger partial charge in [-0.2, -0.15) is 0 Å². The van der Waals surface area contributed by atoms with E-state index in [-0.39, 0.29) is 24.8 Å². The quantitative estimate of drug-likeness (QED) is 0.773. The second-order valence-corrected chi connectivity index (χ2v) is 3.04. The van der Waals surface area contributed by atoms with E-state index in [2.05, 4.69) is 10.2 Å². The van der Waals surface area contributed by atoms with Gasteiger partial charge in [0, 0.05) is 39.1 Å². The number of hydrogen-bond acceptors (Lipinski definition) is 3. The Kier molecular flexibility index (Phi) is 10.5. The van der Waals surface area contributed by atoms with E-state index in [9.17, 15) is 4.79 Å². The first-order chi connectivity index (χ1) is 5.29. The molecule has 0 spiro atoms. The predicted molar refractivity (Wildman–Crippen MR) is 59.1 cm³/mol. The van der Waals surface area contributed by atoms with Crippen LogP contribution in [0.25, 0.3) is 0 Å². The maximum atomic E-state index is 10.6. The molecule has 1 aliphatic rings. The van der Waals surface area contributed by atoms with E-state index < -0.39 is 0 Å². The summed E-state index contributed by atoms with van der Waals surface area (Å²) in [5, 5.41) is 3.28. The van der Waals surface area contributed by atoms with Gasteiger partial charge in [-0.15, -0.1) is 24.8 Å². The van der Waals surface area contributed by atoms with Gasteiger partial charge in [0.1, 0.15) is 5.78 Å². The van der Waals surface area contributed by atoms with Gasteiger partial charge in [-0.3, -0.25) is 4.79 Å². The number of rotatable bonds is 3. The molecule has 1 rings (SSSR count). The Morgan fingerprint density at radius 2 is 1.85 bits per heavy atom. The van der Waals surface area contributed by atoms with Crippen LogP contribution < -0.4 is 5.32 Å². The minimum Gasteiger partial charge on any atom is -0.314 e. The lowest BCUT2D eigenvalue weighted by atomic mass is 10.2. The molecule has 0 saturated carbocycles. The van der Waals surface area contributed by atoms with Crippen LogP contribution in [0.5, 0.6) is 0 Å². The Balaban J connectivity index is 0. The summed E-state index contributed by atoms with van der Waals surface area (Å²) in [5.74, 6) is 0.295. The van der Waals surface area contributed by atoms with E-state index in [1.807, 2.05) is 0 Å². The first-order valence-electron chi connectivity index (χ1n) is 4.21. The summed E-state index contributed by atoms with van der Waals surface area (Å²) in [5.41, 5.74) is 0. The first-order valence-corrected chi connectivity index (χ1v) is 4.21. The van der Waals surface area contributed by atoms with Crippen LogP contribution in [0.15, 0.2) is 0 Å². The van der Waals surface area contributed by atoms with Crippen molar-refractivity contribution >= 4 is 30.6 Å². The van der Waals surface area contributed by atoms with E-state index in [0.29, 0.717) is 12.2 Å². The van der Waals surface area contributed by atoms with Gasteiger partial charge in [0.2, 0.25) is 0 Å². The van der Waals surface area contributed by atoms with Crippen molar-refractivity contribution in [1.82, 2.24) is 10.2 Å². The zero-order valence-electron chi connectivity index (χ0n) is 7.91. The standard InChI is InChI=1S/C8H16N2O.2ClH/c1-8(11)2-5-10-6-3-9-4-7-10;;/h9H,2-7H2,1H3;2*1H. The smallest absolute Gasteiger partial charge is 0.131 e. The molecule has 0 bridgehead atoms. The third kappa shape index (κ3) is 7.26. The van der Waals surface area contributed by atoms with Crippen molar-refractivity contribution in [3.05, 3.63) is 0 Å². The average Bonchev–Trinajstić information content (AvgIpc) is 2.03. The molecule has 1 fully saturated rings. The number of piperazine rings is 1. The predicted octanol–water partition coefficient (Wildman–Crippen LogP) is 0.714. The molecular formula is C8H18Cl2N2O. The largest absolute Gasteiger partial charge is 0.314 e. The second kappa shape index (κ2) is 8.75. The number of halogens is 2. The Hall–Kier alpha value is 0.170. The normalized spacial score (nSPS) is 17.0. The van der Waals surface area contributed by atoms with Crippen molar-refractivity contribution in [2.45, 2.75) is 13.3 Å². The van der Waals surface area contributed by atoms with Gasteiger partial charge in [0.05, 0.1) is 0 Å². The van der Waals surface area contributed by atoms with Crippen LogP contribution >= 0.6 is 24.8 Å². The monoisotopic (exact) mass is 228 g/mol. The van der Waals surface area contributed by atoms with Gasteiger partial charge in [-0.25, -0.2) is 0 Å². The Bertz CT molecular complexity index is 138. The van der Waals surface area contributed by atoms with Crippen LogP contribution in [-0.4, -0.2) is 43.4 Å². The first kappa shape index (κ1) is 15.6. The second-order valence-electron chi connectivity index (χ2n) is 3.04. The number of carbonyl (C=O) groups excluding carboxylic acids is 1. The average molecular weight is 229 g/mol. The van der Waals surface area contributed by atoms with Crippen LogP contribution in [0.4, 0.5) is 0 Å². The van der Waals surface area contributed by atoms with Crippen molar-refractivity contribution in [3.63, 3.8) is 0 Å². The summed E-state index contributed by atoms with van der Waals surface area (Å²) in [4.78, 5) is 13.0. The maximum absolute atomic E-state index is 10.6. The molecule has 0 unspecified atom stereocenters. The molecule has 1 aliphatic heterocycles. The molecule has 13 heavy (non-hydrogen) atoms. The molecule has 5 heteroatoms. The molecule has 0 atom stereocenters. The SMILES string of the molecule is CC(=O)CCN1CCNCC1.Cl.Cl. The number of carbonyl (C=O) groups is 1. The van der Waals surface area contributed by atoms with Gasteiger partial charge in [-0.05, 0) is 6.92 Å². The van der Waals surface area contributed by atoms with Crippen LogP contribution in [0, 0.1) is 0 Å². The van der Waals surface area contributed by atoms with E-state index >= 15 is 0 Å². The van der Waals surface area contributed by atoms with Gasteiger partial charge in [0.25, 0.3) is 0 Å². The maximum Gasteiger partial charge on any atom is 0.131 e. The minimum atomic E-state index is 0. The van der Waals surface area contributed by atoms with Gasteiger partial charge < -0.3 is 10.2 Å². The number of nitrogens with zero attached hydrogens (tertiary/aromatic N) is 1. The van der Waals surface area contributed by atoms with Crippen LogP contribution in [0.2, 0.25) is 0 Å². The Morgan fingerprint density at radius 3 is 2.31 bits per heavy atom. The lowest BCUT2D eigenvalue weighted by Crippen LogP contribution is -2.44. The number of hydrogen-bond donors (Lipinski definition) is 1. The molecule has 0 radical (unpaired) electrons. The topological polar surface area (TPSA) is 32.3 Å². The van der Waals surface area contributed by atoms with Crippen molar-refractivity contribution < 1.29 is 4.79 Å². The third-order valence-corrected chi connectivity index (χ3v) is 1.99. The number of nitrogens with one attached hydrogen (secondary N) is 1. The summed E-state index contributed by atoms with van der Waals surface area (Å²) in [6.45, 7) is 6.91. The number of ketones is 1. The van der Waals surface area contributed by atoms with E-state index in [4.69, 9.17) is 0 Å². The zero-order chi connectivity index (χ0) is 8.10. The molecule has 0 aliphatic carbocycles. The fraction of sp³-hybridized carbons (Fsp3) is 0.875. The Morgan fingerprint density at radius 1 is 1.31 bits per heavy atom. The van der Waals surface area contributed by atoms with E-state index in [0.717, 1.165) is 32.7 Å². The van der Waals surface area contributed by atoms with Gasteiger partial charge in [-0.1, -0.05) is 0 Å². The molecular weight excluding hydrogens is 211 g/mol. The molecule has 0 aromatic carbocycles. The van der Waals surface area contributed by atoms with Crippen molar-refractivity contribution in [1.29, 1.82) is 0 Å². The summed E-state index contributed by atoms with van der Waals surface area (Å²) in [6, 6.07) is 0. The van der Waals surface area contributed by atoms with E-state index in [1.54, 1.807) is 6.92 Å². The molecule has 1 saturated heterocycles. The molecule has 1 heterocycles. The third-order valence-electron chi connectivity index (χ3n) is 1.99. The van der Waals surface area contributed by atoms with Crippen molar-refractivity contribution in [2.24, 2.45) is 0 Å². The molecule has 0 aromatic rings. The fourth-order valence-electron chi connectivity index (χ4n) is 1.25. The van der Waals surface area contributed by atoms with Gasteiger partial charge in [0.15, 0.2) is 0 Å². The lowest BCUT2D eigenvalue weighted by molar-refractivity contribution is -0.117. The molecule has 80 valence electrons. The summed E-state index contributed by atoms with van der Waals surface area (Å²) >= 11 is 0. The minimum absolute atomic E-state index is 0. The van der Waals surface area contributed by atoms with Crippen molar-refractivity contribution in [2.75, 3.05) is 32.7 Å². The van der Waals surface area contributed by atoms with Crippen molar-refractivity contribution in [3.8, 4) is 0 Å². The van der Waals surface area contributed by atoms with E-state index in [1.165, 1.54) is 0 Å². The number of Topliss-reactive ketones (excluding diaryl/α,β-unsaturated/α-hetero) is 1. The Labute approximate surface area is 92.1 Å². The summed E-state index contributed by atoms with van der Waals surface area (Å²) in [7, 11) is 0. The highest BCUT2D eigenvalue weighted by molar-refractivity contribution is 5.85. The molecule has 0 aromatic heterocycles. The summed E-state index contributed by atoms with van der Waals surface area (Å²) in [6.07, 6.45) is 0.708.